The Labute approximate surface area is 144 Å². The summed E-state index contributed by atoms with van der Waals surface area (Å²) < 4.78 is 4.31. The number of aromatic nitrogens is 2. The molecule has 1 aromatic heterocycles. The summed E-state index contributed by atoms with van der Waals surface area (Å²) in [5.41, 5.74) is 1.26. The summed E-state index contributed by atoms with van der Waals surface area (Å²) >= 11 is 0. The van der Waals surface area contributed by atoms with Gasteiger partial charge in [0.2, 0.25) is 0 Å². The average molecular weight is 328 g/mol. The van der Waals surface area contributed by atoms with Crippen LogP contribution in [0.3, 0.4) is 0 Å². The van der Waals surface area contributed by atoms with Crippen LogP contribution in [0.1, 0.15) is 56.8 Å². The molecule has 2 rings (SSSR count). The van der Waals surface area contributed by atoms with Gasteiger partial charge in [0.05, 0.1) is 6.54 Å². The minimum absolute atomic E-state index is 0.0584. The molecule has 1 aromatic carbocycles. The zero-order valence-electron chi connectivity index (χ0n) is 14.6. The number of hydrogen-bond acceptors (Lipinski definition) is 2. The number of hydrogen-bond donors (Lipinski definition) is 0. The van der Waals surface area contributed by atoms with Gasteiger partial charge in [0, 0.05) is 18.8 Å². The predicted octanol–water partition coefficient (Wildman–Crippen LogP) is 2.48. The summed E-state index contributed by atoms with van der Waals surface area (Å²) in [6.07, 6.45) is 11.3. The van der Waals surface area contributed by atoms with E-state index >= 15 is 0 Å². The van der Waals surface area contributed by atoms with Crippen LogP contribution in [0.4, 0.5) is 0 Å². The maximum atomic E-state index is 10.8. The van der Waals surface area contributed by atoms with Crippen LogP contribution in [0.2, 0.25) is 0 Å². The lowest BCUT2D eigenvalue weighted by atomic mass is 10.1. The second-order valence-electron chi connectivity index (χ2n) is 6.31. The summed E-state index contributed by atoms with van der Waals surface area (Å²) in [7, 11) is 0. The Morgan fingerprint density at radius 3 is 2.58 bits per heavy atom. The normalized spacial score (nSPS) is 10.9. The lowest BCUT2D eigenvalue weighted by Gasteiger charge is -2.07. The van der Waals surface area contributed by atoms with Gasteiger partial charge >= 0.3 is 0 Å². The Balaban J connectivity index is 2.05. The van der Waals surface area contributed by atoms with Gasteiger partial charge in [-0.05, 0) is 12.0 Å². The highest BCUT2D eigenvalue weighted by molar-refractivity contribution is 5.64. The molecule has 1 heterocycles. The molecule has 2 aromatic rings. The van der Waals surface area contributed by atoms with Crippen molar-refractivity contribution >= 4 is 5.97 Å². The SMILES string of the molecule is CCCCCCCc1n(CCC(=O)[O-])cc[n+]1Cc1ccccc1. The first-order valence-corrected chi connectivity index (χ1v) is 9.02. The van der Waals surface area contributed by atoms with Crippen LogP contribution in [-0.4, -0.2) is 10.5 Å². The van der Waals surface area contributed by atoms with Crippen molar-refractivity contribution in [3.8, 4) is 0 Å². The molecule has 0 aliphatic rings. The molecule has 0 amide bonds. The van der Waals surface area contributed by atoms with E-state index in [-0.39, 0.29) is 6.42 Å². The van der Waals surface area contributed by atoms with Gasteiger partial charge in [0.1, 0.15) is 18.9 Å². The van der Waals surface area contributed by atoms with E-state index in [4.69, 9.17) is 0 Å². The molecule has 0 bridgehead atoms. The molecule has 0 radical (unpaired) electrons. The predicted molar refractivity (Wildman–Crippen MR) is 92.3 cm³/mol. The molecule has 0 N–H and O–H groups in total. The maximum Gasteiger partial charge on any atom is 0.256 e. The van der Waals surface area contributed by atoms with E-state index in [1.165, 1.54) is 37.1 Å². The van der Waals surface area contributed by atoms with Crippen LogP contribution in [0.15, 0.2) is 42.7 Å². The van der Waals surface area contributed by atoms with Crippen LogP contribution >= 0.6 is 0 Å². The molecular formula is C20H28N2O2. The average Bonchev–Trinajstić information content (AvgIpc) is 2.95. The second-order valence-corrected chi connectivity index (χ2v) is 6.31. The van der Waals surface area contributed by atoms with E-state index in [0.717, 1.165) is 19.4 Å². The van der Waals surface area contributed by atoms with E-state index in [2.05, 4.69) is 34.4 Å². The Morgan fingerprint density at radius 2 is 1.88 bits per heavy atom. The summed E-state index contributed by atoms with van der Waals surface area (Å²) in [5.74, 6) is 0.212. The summed E-state index contributed by atoms with van der Waals surface area (Å²) in [5, 5.41) is 10.8. The molecule has 4 heteroatoms. The maximum absolute atomic E-state index is 10.8. The van der Waals surface area contributed by atoms with Gasteiger partial charge in [-0.2, -0.15) is 0 Å². The fourth-order valence-corrected chi connectivity index (χ4v) is 3.01. The van der Waals surface area contributed by atoms with Crippen molar-refractivity contribution in [3.05, 3.63) is 54.1 Å². The number of carbonyl (C=O) groups is 1. The van der Waals surface area contributed by atoms with Crippen molar-refractivity contribution in [2.24, 2.45) is 0 Å². The molecule has 0 aliphatic heterocycles. The minimum atomic E-state index is -0.993. The lowest BCUT2D eigenvalue weighted by molar-refractivity contribution is -0.695. The van der Waals surface area contributed by atoms with Gasteiger partial charge in [0.15, 0.2) is 0 Å². The van der Waals surface area contributed by atoms with Crippen LogP contribution in [0, 0.1) is 0 Å². The van der Waals surface area contributed by atoms with Crippen LogP contribution in [-0.2, 0) is 24.3 Å². The third-order valence-electron chi connectivity index (χ3n) is 4.35. The standard InChI is InChI=1S/C20H28N2O2/c1-2-3-4-5-9-12-19-21(14-13-20(23)24)15-16-22(19)17-18-10-7-6-8-11-18/h6-8,10-11,15-16H,2-5,9,12-14,17H2,1H3. The van der Waals surface area contributed by atoms with Gasteiger partial charge < -0.3 is 9.90 Å². The number of imidazole rings is 1. The number of unbranched alkanes of at least 4 members (excludes halogenated alkanes) is 4. The molecule has 0 unspecified atom stereocenters. The number of carboxylic acids is 1. The minimum Gasteiger partial charge on any atom is -0.550 e. The van der Waals surface area contributed by atoms with Crippen LogP contribution in [0.5, 0.6) is 0 Å². The van der Waals surface area contributed by atoms with Gasteiger partial charge in [-0.3, -0.25) is 0 Å². The fourth-order valence-electron chi connectivity index (χ4n) is 3.01. The van der Waals surface area contributed by atoms with E-state index in [9.17, 15) is 9.90 Å². The summed E-state index contributed by atoms with van der Waals surface area (Å²) in [4.78, 5) is 10.8. The van der Waals surface area contributed by atoms with Gasteiger partial charge in [0.25, 0.3) is 5.82 Å². The number of carbonyl (C=O) groups excluding carboxylic acids is 1. The Morgan fingerprint density at radius 1 is 1.12 bits per heavy atom. The zero-order chi connectivity index (χ0) is 17.2. The molecule has 0 fully saturated rings. The molecule has 24 heavy (non-hydrogen) atoms. The Kier molecular flexibility index (Phi) is 7.53. The van der Waals surface area contributed by atoms with Gasteiger partial charge in [-0.1, -0.05) is 62.9 Å². The molecule has 130 valence electrons. The Bertz CT molecular complexity index is 620. The third kappa shape index (κ3) is 5.84. The van der Waals surface area contributed by atoms with Crippen molar-refractivity contribution < 1.29 is 14.5 Å². The van der Waals surface area contributed by atoms with E-state index in [1.54, 1.807) is 0 Å². The molecule has 0 aliphatic carbocycles. The van der Waals surface area contributed by atoms with Crippen molar-refractivity contribution in [2.45, 2.75) is 65.0 Å². The van der Waals surface area contributed by atoms with E-state index in [1.807, 2.05) is 24.4 Å². The van der Waals surface area contributed by atoms with Crippen LogP contribution < -0.4 is 9.67 Å². The van der Waals surface area contributed by atoms with Gasteiger partial charge in [-0.25, -0.2) is 9.13 Å². The first-order valence-electron chi connectivity index (χ1n) is 9.02. The Hall–Kier alpha value is -2.10. The zero-order valence-corrected chi connectivity index (χ0v) is 14.6. The monoisotopic (exact) mass is 328 g/mol. The van der Waals surface area contributed by atoms with Crippen molar-refractivity contribution in [2.75, 3.05) is 0 Å². The number of rotatable bonds is 11. The first-order chi connectivity index (χ1) is 11.7. The number of carboxylic acid groups (broad SMARTS) is 1. The molecule has 0 spiro atoms. The number of aryl methyl sites for hydroxylation is 1. The molecule has 0 atom stereocenters. The molecule has 0 saturated carbocycles. The highest BCUT2D eigenvalue weighted by Crippen LogP contribution is 2.09. The first kappa shape index (κ1) is 18.2. The second kappa shape index (κ2) is 9.91. The topological polar surface area (TPSA) is 48.9 Å². The fraction of sp³-hybridized carbons (Fsp3) is 0.500. The van der Waals surface area contributed by atoms with Gasteiger partial charge in [-0.15, -0.1) is 0 Å². The molecule has 4 nitrogen and oxygen atoms in total. The van der Waals surface area contributed by atoms with Crippen molar-refractivity contribution in [1.29, 1.82) is 0 Å². The van der Waals surface area contributed by atoms with E-state index < -0.39 is 5.97 Å². The molecule has 0 saturated heterocycles. The van der Waals surface area contributed by atoms with E-state index in [0.29, 0.717) is 6.54 Å². The van der Waals surface area contributed by atoms with Crippen molar-refractivity contribution in [1.82, 2.24) is 4.57 Å². The molecular weight excluding hydrogens is 300 g/mol. The summed E-state index contributed by atoms with van der Waals surface area (Å²) in [6, 6.07) is 10.4. The highest BCUT2D eigenvalue weighted by atomic mass is 16.4. The largest absolute Gasteiger partial charge is 0.550 e. The number of nitrogens with zero attached hydrogens (tertiary/aromatic N) is 2. The van der Waals surface area contributed by atoms with Crippen molar-refractivity contribution in [3.63, 3.8) is 0 Å². The number of benzene rings is 1. The summed E-state index contributed by atoms with van der Waals surface area (Å²) in [6.45, 7) is 3.52. The quantitative estimate of drug-likeness (QED) is 0.470. The lowest BCUT2D eigenvalue weighted by Crippen LogP contribution is -2.38. The van der Waals surface area contributed by atoms with Crippen LogP contribution in [0.25, 0.3) is 0 Å². The number of aliphatic carboxylic acids is 1. The smallest absolute Gasteiger partial charge is 0.256 e. The highest BCUT2D eigenvalue weighted by Gasteiger charge is 2.17. The third-order valence-corrected chi connectivity index (χ3v) is 4.35.